The number of halogens is 6. The molecule has 0 saturated heterocycles. The second-order valence-electron chi connectivity index (χ2n) is 3.96. The fraction of sp³-hybridized carbons (Fsp3) is 0.167. The molecular weight excluding hydrogens is 426 g/mol. The van der Waals surface area contributed by atoms with E-state index in [2.05, 4.69) is 31.9 Å². The van der Waals surface area contributed by atoms with Crippen LogP contribution in [-0.2, 0) is 6.18 Å². The van der Waals surface area contributed by atoms with Crippen molar-refractivity contribution in [2.75, 3.05) is 0 Å². The van der Waals surface area contributed by atoms with Gasteiger partial charge in [-0.1, -0.05) is 12.1 Å². The van der Waals surface area contributed by atoms with Crippen LogP contribution in [0.5, 0.6) is 0 Å². The maximum absolute atomic E-state index is 14.0. The molecule has 0 spiro atoms. The first-order valence-electron chi connectivity index (χ1n) is 5.27. The van der Waals surface area contributed by atoms with Gasteiger partial charge in [0.05, 0.1) is 19.2 Å². The van der Waals surface area contributed by atoms with Crippen molar-refractivity contribution in [2.24, 2.45) is 5.73 Å². The Morgan fingerprint density at radius 2 is 1.80 bits per heavy atom. The van der Waals surface area contributed by atoms with Crippen molar-refractivity contribution in [2.45, 2.75) is 12.2 Å². The highest BCUT2D eigenvalue weighted by Gasteiger charge is 2.35. The van der Waals surface area contributed by atoms with Gasteiger partial charge in [0.25, 0.3) is 0 Å². The Balaban J connectivity index is 2.51. The van der Waals surface area contributed by atoms with Gasteiger partial charge in [0, 0.05) is 5.56 Å². The molecule has 20 heavy (non-hydrogen) atoms. The summed E-state index contributed by atoms with van der Waals surface area (Å²) in [6.45, 7) is 0. The Hall–Kier alpha value is -0.440. The Labute approximate surface area is 133 Å². The first-order chi connectivity index (χ1) is 9.21. The predicted octanol–water partition coefficient (Wildman–Crippen LogP) is 5.48. The molecule has 1 heterocycles. The summed E-state index contributed by atoms with van der Waals surface area (Å²) in [7, 11) is 0. The van der Waals surface area contributed by atoms with Crippen LogP contribution in [0.15, 0.2) is 31.8 Å². The van der Waals surface area contributed by atoms with Gasteiger partial charge in [-0.15, -0.1) is 11.3 Å². The maximum Gasteiger partial charge on any atom is 0.419 e. The minimum absolute atomic E-state index is 0.189. The van der Waals surface area contributed by atoms with Gasteiger partial charge in [0.2, 0.25) is 0 Å². The van der Waals surface area contributed by atoms with Crippen molar-refractivity contribution in [3.63, 3.8) is 0 Å². The fourth-order valence-electron chi connectivity index (χ4n) is 1.74. The third-order valence-corrected chi connectivity index (χ3v) is 5.07. The molecule has 0 amide bonds. The quantitative estimate of drug-likeness (QED) is 0.625. The molecule has 2 N–H and O–H groups in total. The Bertz CT molecular complexity index is 639. The fourth-order valence-corrected chi connectivity index (χ4v) is 4.67. The van der Waals surface area contributed by atoms with Crippen LogP contribution in [0.4, 0.5) is 17.6 Å². The van der Waals surface area contributed by atoms with Gasteiger partial charge in [-0.2, -0.15) is 13.2 Å². The second kappa shape index (κ2) is 5.75. The van der Waals surface area contributed by atoms with Crippen molar-refractivity contribution in [1.29, 1.82) is 0 Å². The van der Waals surface area contributed by atoms with Crippen LogP contribution < -0.4 is 5.73 Å². The summed E-state index contributed by atoms with van der Waals surface area (Å²) in [6, 6.07) is 3.78. The maximum atomic E-state index is 14.0. The largest absolute Gasteiger partial charge is 0.419 e. The minimum atomic E-state index is -4.74. The highest BCUT2D eigenvalue weighted by atomic mass is 79.9. The van der Waals surface area contributed by atoms with Gasteiger partial charge in [0.1, 0.15) is 5.82 Å². The van der Waals surface area contributed by atoms with Crippen molar-refractivity contribution in [3.8, 4) is 0 Å². The van der Waals surface area contributed by atoms with Crippen LogP contribution in [0.25, 0.3) is 0 Å². The summed E-state index contributed by atoms with van der Waals surface area (Å²) < 4.78 is 53.5. The SMILES string of the molecule is NC(c1cc(Br)sc1Br)c1cccc(C(F)(F)F)c1F. The van der Waals surface area contributed by atoms with Crippen molar-refractivity contribution in [3.05, 3.63) is 54.3 Å². The zero-order valence-electron chi connectivity index (χ0n) is 9.64. The molecule has 0 saturated carbocycles. The van der Waals surface area contributed by atoms with Crippen LogP contribution in [0.2, 0.25) is 0 Å². The second-order valence-corrected chi connectivity index (χ2v) is 7.71. The molecule has 0 fully saturated rings. The Morgan fingerprint density at radius 1 is 1.15 bits per heavy atom. The third kappa shape index (κ3) is 3.08. The number of rotatable bonds is 2. The summed E-state index contributed by atoms with van der Waals surface area (Å²) in [5.41, 5.74) is 4.92. The molecule has 1 unspecified atom stereocenters. The van der Waals surface area contributed by atoms with Crippen molar-refractivity contribution >= 4 is 43.2 Å². The molecule has 0 aliphatic carbocycles. The molecule has 108 valence electrons. The Morgan fingerprint density at radius 3 is 2.30 bits per heavy atom. The highest BCUT2D eigenvalue weighted by molar-refractivity contribution is 9.12. The highest BCUT2D eigenvalue weighted by Crippen LogP contribution is 2.39. The van der Waals surface area contributed by atoms with E-state index in [0.29, 0.717) is 15.4 Å². The predicted molar refractivity (Wildman–Crippen MR) is 77.2 cm³/mol. The van der Waals surface area contributed by atoms with E-state index in [1.54, 1.807) is 6.07 Å². The summed E-state index contributed by atoms with van der Waals surface area (Å²) >= 11 is 7.83. The van der Waals surface area contributed by atoms with Crippen LogP contribution in [-0.4, -0.2) is 0 Å². The summed E-state index contributed by atoms with van der Waals surface area (Å²) in [5, 5.41) is 0. The molecule has 1 aromatic heterocycles. The molecule has 0 aliphatic rings. The molecule has 0 aliphatic heterocycles. The molecule has 0 radical (unpaired) electrons. The summed E-state index contributed by atoms with van der Waals surface area (Å²) in [4.78, 5) is 0. The zero-order valence-corrected chi connectivity index (χ0v) is 13.6. The van der Waals surface area contributed by atoms with E-state index >= 15 is 0 Å². The lowest BCUT2D eigenvalue weighted by Gasteiger charge is -2.16. The van der Waals surface area contributed by atoms with Crippen LogP contribution in [0.1, 0.15) is 22.7 Å². The summed E-state index contributed by atoms with van der Waals surface area (Å²) in [5.74, 6) is -1.33. The number of nitrogens with two attached hydrogens (primary N) is 1. The third-order valence-electron chi connectivity index (χ3n) is 2.69. The van der Waals surface area contributed by atoms with Crippen LogP contribution in [0.3, 0.4) is 0 Å². The van der Waals surface area contributed by atoms with E-state index < -0.39 is 23.6 Å². The van der Waals surface area contributed by atoms with E-state index in [9.17, 15) is 17.6 Å². The van der Waals surface area contributed by atoms with E-state index in [4.69, 9.17) is 5.73 Å². The van der Waals surface area contributed by atoms with Gasteiger partial charge in [-0.05, 0) is 49.6 Å². The van der Waals surface area contributed by atoms with E-state index in [1.165, 1.54) is 17.4 Å². The van der Waals surface area contributed by atoms with Gasteiger partial charge in [-0.25, -0.2) is 4.39 Å². The normalized spacial score (nSPS) is 13.6. The van der Waals surface area contributed by atoms with Gasteiger partial charge in [-0.3, -0.25) is 0 Å². The van der Waals surface area contributed by atoms with Gasteiger partial charge in [0.15, 0.2) is 0 Å². The lowest BCUT2D eigenvalue weighted by molar-refractivity contribution is -0.140. The first-order valence-corrected chi connectivity index (χ1v) is 7.68. The minimum Gasteiger partial charge on any atom is -0.320 e. The first kappa shape index (κ1) is 15.9. The smallest absolute Gasteiger partial charge is 0.320 e. The lowest BCUT2D eigenvalue weighted by Crippen LogP contribution is -2.17. The number of alkyl halides is 3. The molecule has 8 heteroatoms. The van der Waals surface area contributed by atoms with Gasteiger partial charge >= 0.3 is 6.18 Å². The topological polar surface area (TPSA) is 26.0 Å². The molecular formula is C12H7Br2F4NS. The molecule has 0 bridgehead atoms. The van der Waals surface area contributed by atoms with Crippen molar-refractivity contribution in [1.82, 2.24) is 0 Å². The number of benzene rings is 1. The molecule has 1 atom stereocenters. The van der Waals surface area contributed by atoms with Crippen LogP contribution >= 0.6 is 43.2 Å². The van der Waals surface area contributed by atoms with E-state index in [-0.39, 0.29) is 5.56 Å². The van der Waals surface area contributed by atoms with E-state index in [1.807, 2.05) is 0 Å². The zero-order chi connectivity index (χ0) is 15.1. The van der Waals surface area contributed by atoms with E-state index in [0.717, 1.165) is 9.85 Å². The Kier molecular flexibility index (Phi) is 4.58. The number of hydrogen-bond acceptors (Lipinski definition) is 2. The van der Waals surface area contributed by atoms with Crippen molar-refractivity contribution < 1.29 is 17.6 Å². The van der Waals surface area contributed by atoms with Crippen LogP contribution in [0, 0.1) is 5.82 Å². The number of hydrogen-bond donors (Lipinski definition) is 1. The average Bonchev–Trinajstić information content (AvgIpc) is 2.66. The average molecular weight is 433 g/mol. The molecule has 1 aromatic carbocycles. The van der Waals surface area contributed by atoms with Gasteiger partial charge < -0.3 is 5.73 Å². The monoisotopic (exact) mass is 431 g/mol. The number of thiophene rings is 1. The standard InChI is InChI=1S/C12H7Br2F4NS/c13-8-4-6(11(14)20-8)10(19)5-2-1-3-7(9(5)15)12(16,17)18/h1-4,10H,19H2. The molecule has 2 aromatic rings. The molecule has 2 rings (SSSR count). The lowest BCUT2D eigenvalue weighted by atomic mass is 9.99. The summed E-state index contributed by atoms with van der Waals surface area (Å²) in [6.07, 6.45) is -4.74. The molecule has 1 nitrogen and oxygen atoms in total.